The summed E-state index contributed by atoms with van der Waals surface area (Å²) in [5.74, 6) is 1.51. The number of hydrogen-bond donors (Lipinski definition) is 3. The molecule has 0 amide bonds. The summed E-state index contributed by atoms with van der Waals surface area (Å²) in [7, 11) is 1.73. The van der Waals surface area contributed by atoms with Crippen LogP contribution in [0.5, 0.6) is 11.5 Å². The van der Waals surface area contributed by atoms with Crippen molar-refractivity contribution in [3.8, 4) is 11.5 Å². The zero-order valence-corrected chi connectivity index (χ0v) is 27.3. The quantitative estimate of drug-likeness (QED) is 0.124. The number of allylic oxidation sites excluding steroid dienone is 3. The van der Waals surface area contributed by atoms with Gasteiger partial charge in [-0.3, -0.25) is 0 Å². The van der Waals surface area contributed by atoms with Crippen LogP contribution in [0.1, 0.15) is 80.3 Å². The van der Waals surface area contributed by atoms with Gasteiger partial charge in [0, 0.05) is 24.4 Å². The number of benzene rings is 3. The van der Waals surface area contributed by atoms with Gasteiger partial charge in [0.15, 0.2) is 0 Å². The van der Waals surface area contributed by atoms with Gasteiger partial charge in [-0.1, -0.05) is 50.1 Å². The lowest BCUT2D eigenvalue weighted by Crippen LogP contribution is -2.31. The lowest BCUT2D eigenvalue weighted by atomic mass is 9.88. The highest BCUT2D eigenvalue weighted by Gasteiger charge is 2.21. The second-order valence-corrected chi connectivity index (χ2v) is 11.6. The molecule has 1 fully saturated rings. The van der Waals surface area contributed by atoms with Crippen LogP contribution in [-0.4, -0.2) is 42.8 Å². The Morgan fingerprint density at radius 1 is 0.956 bits per heavy atom. The van der Waals surface area contributed by atoms with E-state index in [2.05, 4.69) is 84.8 Å². The molecular formula is C38H49N3O4. The molecule has 0 heterocycles. The van der Waals surface area contributed by atoms with E-state index in [0.717, 1.165) is 81.0 Å². The van der Waals surface area contributed by atoms with Gasteiger partial charge < -0.3 is 30.1 Å². The van der Waals surface area contributed by atoms with Crippen LogP contribution in [0, 0.1) is 6.92 Å². The van der Waals surface area contributed by atoms with Crippen LogP contribution in [0.3, 0.4) is 0 Å². The minimum atomic E-state index is -0.935. The highest BCUT2D eigenvalue weighted by atomic mass is 16.5. The zero-order chi connectivity index (χ0) is 32.0. The molecule has 0 saturated heterocycles. The second kappa shape index (κ2) is 17.2. The van der Waals surface area contributed by atoms with E-state index in [1.165, 1.54) is 28.8 Å². The Morgan fingerprint density at radius 3 is 2.36 bits per heavy atom. The minimum Gasteiger partial charge on any atom is -0.495 e. The number of rotatable bonds is 18. The summed E-state index contributed by atoms with van der Waals surface area (Å²) in [4.78, 5) is 13.6. The molecule has 7 heteroatoms. The summed E-state index contributed by atoms with van der Waals surface area (Å²) < 4.78 is 11.9. The molecule has 7 nitrogen and oxygen atoms in total. The number of hydrogen-bond acceptors (Lipinski definition) is 6. The Kier molecular flexibility index (Phi) is 12.8. The number of aryl methyl sites for hydroxylation is 1. The van der Waals surface area contributed by atoms with Crippen LogP contribution >= 0.6 is 0 Å². The first kappa shape index (κ1) is 33.5. The van der Waals surface area contributed by atoms with Crippen molar-refractivity contribution >= 4 is 17.3 Å². The Morgan fingerprint density at radius 2 is 1.71 bits per heavy atom. The second-order valence-electron chi connectivity index (χ2n) is 11.6. The zero-order valence-electron chi connectivity index (χ0n) is 27.3. The molecule has 3 aromatic rings. The summed E-state index contributed by atoms with van der Waals surface area (Å²) in [5, 5.41) is 16.4. The third kappa shape index (κ3) is 9.80. The molecule has 0 aliphatic heterocycles. The van der Waals surface area contributed by atoms with Crippen LogP contribution in [0.25, 0.3) is 0 Å². The Hall–Kier alpha value is -4.39. The molecule has 0 spiro atoms. The number of methoxy groups -OCH3 is 1. The van der Waals surface area contributed by atoms with Crippen molar-refractivity contribution < 1.29 is 19.4 Å². The van der Waals surface area contributed by atoms with Crippen LogP contribution in [0.15, 0.2) is 89.9 Å². The van der Waals surface area contributed by atoms with E-state index in [1.807, 2.05) is 0 Å². The number of carboxylic acid groups (broad SMARTS) is 1. The fourth-order valence-electron chi connectivity index (χ4n) is 5.45. The number of anilines is 2. The molecule has 0 aromatic heterocycles. The number of unbranched alkanes of at least 4 members (excludes halogenated alkanes) is 2. The van der Waals surface area contributed by atoms with Gasteiger partial charge in [0.25, 0.3) is 0 Å². The van der Waals surface area contributed by atoms with E-state index >= 15 is 0 Å². The summed E-state index contributed by atoms with van der Waals surface area (Å²) in [6.45, 7) is 8.77. The Bertz CT molecular complexity index is 1460. The van der Waals surface area contributed by atoms with Gasteiger partial charge in [-0.05, 0) is 105 Å². The smallest absolute Gasteiger partial charge is 0.335 e. The van der Waals surface area contributed by atoms with Gasteiger partial charge >= 0.3 is 5.97 Å². The van der Waals surface area contributed by atoms with Crippen molar-refractivity contribution in [1.82, 2.24) is 4.90 Å². The van der Waals surface area contributed by atoms with Gasteiger partial charge in [0.05, 0.1) is 24.9 Å². The topological polar surface area (TPSA) is 83.1 Å². The van der Waals surface area contributed by atoms with Gasteiger partial charge in [0.2, 0.25) is 0 Å². The standard InChI is InChI=1S/C38H49N3O4/c1-5-7-8-16-37(39-33-15-10-9-12-28(33)3)40-34-22-17-29(27-36(34)44-4)26-35(30-13-11-14-30)41(23-6-2)24-25-45-32-20-18-31(19-21-32)38(42)43/h9-10,12,15-22,27,39-40H,5-8,11,13-14,23-26H2,1-4H3,(H,42,43)/b37-16-. The number of nitrogens with zero attached hydrogens (tertiary/aromatic N) is 1. The Balaban J connectivity index is 1.48. The van der Waals surface area contributed by atoms with Crippen molar-refractivity contribution in [1.29, 1.82) is 0 Å². The van der Waals surface area contributed by atoms with Gasteiger partial charge in [0.1, 0.15) is 23.9 Å². The molecule has 0 atom stereocenters. The Labute approximate surface area is 269 Å². The summed E-state index contributed by atoms with van der Waals surface area (Å²) in [5.41, 5.74) is 7.58. The molecular weight excluding hydrogens is 562 g/mol. The van der Waals surface area contributed by atoms with E-state index < -0.39 is 5.97 Å². The monoisotopic (exact) mass is 611 g/mol. The van der Waals surface area contributed by atoms with Crippen molar-refractivity contribution in [3.05, 3.63) is 107 Å². The first-order chi connectivity index (χ1) is 21.9. The normalized spacial score (nSPS) is 12.7. The molecule has 3 N–H and O–H groups in total. The van der Waals surface area contributed by atoms with E-state index in [0.29, 0.717) is 12.4 Å². The molecule has 0 bridgehead atoms. The van der Waals surface area contributed by atoms with Crippen molar-refractivity contribution in [2.24, 2.45) is 0 Å². The van der Waals surface area contributed by atoms with Gasteiger partial charge in [-0.2, -0.15) is 0 Å². The largest absolute Gasteiger partial charge is 0.495 e. The highest BCUT2D eigenvalue weighted by Crippen LogP contribution is 2.34. The molecule has 0 radical (unpaired) electrons. The number of nitrogens with one attached hydrogen (secondary N) is 2. The van der Waals surface area contributed by atoms with Crippen LogP contribution < -0.4 is 20.1 Å². The summed E-state index contributed by atoms with van der Waals surface area (Å²) in [6.07, 6.45) is 10.9. The van der Waals surface area contributed by atoms with Crippen molar-refractivity contribution in [3.63, 3.8) is 0 Å². The van der Waals surface area contributed by atoms with Gasteiger partial charge in [-0.25, -0.2) is 4.79 Å². The SMILES string of the molecule is CCCC/C=C(/Nc1ccccc1C)Nc1ccc(CC(=C2CCC2)N(CCC)CCOc2ccc(C(=O)O)cc2)cc1OC. The molecule has 1 saturated carbocycles. The maximum Gasteiger partial charge on any atom is 0.335 e. The van der Waals surface area contributed by atoms with Crippen LogP contribution in [-0.2, 0) is 6.42 Å². The summed E-state index contributed by atoms with van der Waals surface area (Å²) in [6, 6.07) is 21.4. The number of carboxylic acids is 1. The number of carbonyl (C=O) groups is 1. The highest BCUT2D eigenvalue weighted by molar-refractivity contribution is 5.87. The number of ether oxygens (including phenoxy) is 2. The van der Waals surface area contributed by atoms with E-state index in [-0.39, 0.29) is 5.56 Å². The average Bonchev–Trinajstić information content (AvgIpc) is 3.01. The molecule has 240 valence electrons. The molecule has 0 unspecified atom stereocenters. The van der Waals surface area contributed by atoms with Crippen LogP contribution in [0.2, 0.25) is 0 Å². The molecule has 45 heavy (non-hydrogen) atoms. The first-order valence-corrected chi connectivity index (χ1v) is 16.3. The minimum absolute atomic E-state index is 0.259. The lowest BCUT2D eigenvalue weighted by Gasteiger charge is -2.33. The first-order valence-electron chi connectivity index (χ1n) is 16.3. The van der Waals surface area contributed by atoms with Crippen molar-refractivity contribution in [2.45, 2.75) is 72.1 Å². The van der Waals surface area contributed by atoms with Gasteiger partial charge in [-0.15, -0.1) is 0 Å². The fourth-order valence-corrected chi connectivity index (χ4v) is 5.45. The molecule has 3 aromatic carbocycles. The maximum atomic E-state index is 11.2. The molecule has 1 aliphatic carbocycles. The average molecular weight is 612 g/mol. The third-order valence-electron chi connectivity index (χ3n) is 8.20. The maximum absolute atomic E-state index is 11.2. The predicted octanol–water partition coefficient (Wildman–Crippen LogP) is 9.03. The third-order valence-corrected chi connectivity index (χ3v) is 8.20. The van der Waals surface area contributed by atoms with E-state index in [1.54, 1.807) is 31.4 Å². The van der Waals surface area contributed by atoms with Crippen LogP contribution in [0.4, 0.5) is 11.4 Å². The number of para-hydroxylation sites is 1. The molecule has 1 aliphatic rings. The lowest BCUT2D eigenvalue weighted by molar-refractivity contribution is 0.0697. The number of aromatic carboxylic acids is 1. The van der Waals surface area contributed by atoms with Crippen molar-refractivity contribution in [2.75, 3.05) is 37.4 Å². The van der Waals surface area contributed by atoms with E-state index in [9.17, 15) is 4.79 Å². The fraction of sp³-hybridized carbons (Fsp3) is 0.395. The molecule has 4 rings (SSSR count). The predicted molar refractivity (Wildman–Crippen MR) is 184 cm³/mol. The summed E-state index contributed by atoms with van der Waals surface area (Å²) >= 11 is 0. The van der Waals surface area contributed by atoms with E-state index in [4.69, 9.17) is 14.6 Å².